The van der Waals surface area contributed by atoms with Crippen LogP contribution in [-0.2, 0) is 6.42 Å². The fourth-order valence-corrected chi connectivity index (χ4v) is 4.17. The Hall–Kier alpha value is -3.16. The van der Waals surface area contributed by atoms with Crippen molar-refractivity contribution >= 4 is 40.5 Å². The van der Waals surface area contributed by atoms with Crippen LogP contribution in [0.2, 0.25) is 5.02 Å². The van der Waals surface area contributed by atoms with E-state index in [1.807, 2.05) is 47.4 Å². The Morgan fingerprint density at radius 2 is 1.82 bits per heavy atom. The number of amides is 1. The van der Waals surface area contributed by atoms with Gasteiger partial charge in [-0.3, -0.25) is 15.1 Å². The average Bonchev–Trinajstić information content (AvgIpc) is 3.30. The number of pyridine rings is 1. The summed E-state index contributed by atoms with van der Waals surface area (Å²) in [5, 5.41) is 3.89. The van der Waals surface area contributed by atoms with E-state index < -0.39 is 0 Å². The molecule has 3 aromatic rings. The third kappa shape index (κ3) is 6.24. The van der Waals surface area contributed by atoms with Gasteiger partial charge in [-0.15, -0.1) is 0 Å². The molecule has 1 amide bonds. The second-order valence-electron chi connectivity index (χ2n) is 7.87. The Bertz CT molecular complexity index is 1130. The van der Waals surface area contributed by atoms with Crippen molar-refractivity contribution in [2.75, 3.05) is 24.7 Å². The Kier molecular flexibility index (Phi) is 8.33. The highest BCUT2D eigenvalue weighted by Crippen LogP contribution is 2.35. The molecule has 1 N–H and O–H groups in total. The van der Waals surface area contributed by atoms with Crippen LogP contribution in [0.25, 0.3) is 0 Å². The molecular formula is C26H26ClN3O3S. The molecule has 0 fully saturated rings. The van der Waals surface area contributed by atoms with Crippen molar-refractivity contribution < 1.29 is 14.3 Å². The molecule has 0 bridgehead atoms. The Balaban J connectivity index is 1.22. The number of thiocarbonyl (C=S) groups is 1. The van der Waals surface area contributed by atoms with Crippen molar-refractivity contribution in [1.82, 2.24) is 10.3 Å². The van der Waals surface area contributed by atoms with E-state index >= 15 is 0 Å². The van der Waals surface area contributed by atoms with Crippen LogP contribution in [0, 0.1) is 0 Å². The van der Waals surface area contributed by atoms with Gasteiger partial charge in [0.1, 0.15) is 11.5 Å². The largest absolute Gasteiger partial charge is 0.494 e. The molecule has 4 rings (SSSR count). The zero-order valence-corrected chi connectivity index (χ0v) is 20.3. The molecule has 176 valence electrons. The number of benzene rings is 2. The van der Waals surface area contributed by atoms with Crippen LogP contribution in [0.3, 0.4) is 0 Å². The second kappa shape index (κ2) is 11.8. The van der Waals surface area contributed by atoms with E-state index in [0.717, 1.165) is 48.4 Å². The molecule has 0 spiro atoms. The van der Waals surface area contributed by atoms with Gasteiger partial charge in [0.2, 0.25) is 0 Å². The summed E-state index contributed by atoms with van der Waals surface area (Å²) in [6.07, 6.45) is 6.87. The lowest BCUT2D eigenvalue weighted by molar-refractivity contribution is 0.0977. The summed E-state index contributed by atoms with van der Waals surface area (Å²) in [4.78, 5) is 18.4. The van der Waals surface area contributed by atoms with E-state index in [1.54, 1.807) is 18.3 Å². The highest BCUT2D eigenvalue weighted by Gasteiger charge is 2.26. The number of nitrogens with zero attached hydrogens (tertiary/aromatic N) is 2. The van der Waals surface area contributed by atoms with Crippen LogP contribution < -0.4 is 19.7 Å². The van der Waals surface area contributed by atoms with Crippen molar-refractivity contribution in [2.45, 2.75) is 25.7 Å². The SMILES string of the molecule is O=C(NC(=S)N1CCc2c(OCCCCCOc3ccc(Cl)cc3)cccc21)c1cccnc1. The summed E-state index contributed by atoms with van der Waals surface area (Å²) in [5.41, 5.74) is 2.57. The van der Waals surface area contributed by atoms with Crippen LogP contribution in [0.5, 0.6) is 11.5 Å². The molecule has 1 aliphatic heterocycles. The number of nitrogens with one attached hydrogen (secondary N) is 1. The first-order valence-electron chi connectivity index (χ1n) is 11.3. The summed E-state index contributed by atoms with van der Waals surface area (Å²) >= 11 is 11.4. The number of unbranched alkanes of at least 4 members (excludes halogenated alkanes) is 2. The maximum absolute atomic E-state index is 12.4. The number of carbonyl (C=O) groups excluding carboxylic acids is 1. The van der Waals surface area contributed by atoms with E-state index in [4.69, 9.17) is 33.3 Å². The number of ether oxygens (including phenoxy) is 2. The summed E-state index contributed by atoms with van der Waals surface area (Å²) in [6, 6.07) is 16.8. The van der Waals surface area contributed by atoms with Crippen molar-refractivity contribution in [1.29, 1.82) is 0 Å². The molecule has 0 aliphatic carbocycles. The molecule has 2 aromatic carbocycles. The van der Waals surface area contributed by atoms with E-state index in [-0.39, 0.29) is 5.91 Å². The van der Waals surface area contributed by atoms with Gasteiger partial charge in [-0.1, -0.05) is 17.7 Å². The molecule has 2 heterocycles. The summed E-state index contributed by atoms with van der Waals surface area (Å²) in [6.45, 7) is 2.00. The van der Waals surface area contributed by atoms with Crippen LogP contribution in [-0.4, -0.2) is 35.8 Å². The monoisotopic (exact) mass is 495 g/mol. The fourth-order valence-electron chi connectivity index (χ4n) is 3.77. The van der Waals surface area contributed by atoms with E-state index in [1.165, 1.54) is 6.20 Å². The normalized spacial score (nSPS) is 12.2. The number of carbonyl (C=O) groups is 1. The number of anilines is 1. The number of hydrogen-bond donors (Lipinski definition) is 1. The predicted molar refractivity (Wildman–Crippen MR) is 138 cm³/mol. The standard InChI is InChI=1S/C26H26ClN3O3S/c27-20-9-11-21(12-10-20)32-16-2-1-3-17-33-24-8-4-7-23-22(24)13-15-30(23)26(34)29-25(31)19-6-5-14-28-18-19/h4-12,14,18H,1-3,13,15-17H2,(H,29,31,34). The maximum Gasteiger partial charge on any atom is 0.258 e. The molecule has 6 nitrogen and oxygen atoms in total. The zero-order chi connectivity index (χ0) is 23.8. The van der Waals surface area contributed by atoms with Crippen molar-refractivity contribution in [3.8, 4) is 11.5 Å². The molecule has 0 atom stereocenters. The molecule has 34 heavy (non-hydrogen) atoms. The predicted octanol–water partition coefficient (Wildman–Crippen LogP) is 5.44. The van der Waals surface area contributed by atoms with E-state index in [0.29, 0.717) is 35.5 Å². The number of halogens is 1. The highest BCUT2D eigenvalue weighted by molar-refractivity contribution is 7.80. The molecule has 1 aliphatic rings. The molecule has 8 heteroatoms. The summed E-state index contributed by atoms with van der Waals surface area (Å²) < 4.78 is 11.8. The van der Waals surface area contributed by atoms with Gasteiger partial charge in [-0.25, -0.2) is 0 Å². The number of hydrogen-bond acceptors (Lipinski definition) is 5. The quantitative estimate of drug-likeness (QED) is 0.315. The first-order chi connectivity index (χ1) is 16.6. The van der Waals surface area contributed by atoms with Gasteiger partial charge in [0, 0.05) is 29.5 Å². The first kappa shape index (κ1) is 24.0. The zero-order valence-electron chi connectivity index (χ0n) is 18.7. The minimum Gasteiger partial charge on any atom is -0.494 e. The van der Waals surface area contributed by atoms with Gasteiger partial charge in [0.05, 0.1) is 24.5 Å². The van der Waals surface area contributed by atoms with Crippen LogP contribution in [0.4, 0.5) is 5.69 Å². The van der Waals surface area contributed by atoms with E-state index in [9.17, 15) is 4.79 Å². The van der Waals surface area contributed by atoms with Gasteiger partial charge in [0.15, 0.2) is 5.11 Å². The lowest BCUT2D eigenvalue weighted by atomic mass is 10.1. The van der Waals surface area contributed by atoms with Crippen LogP contribution in [0.1, 0.15) is 35.2 Å². The number of aromatic nitrogens is 1. The molecule has 1 aromatic heterocycles. The van der Waals surface area contributed by atoms with Crippen LogP contribution in [0.15, 0.2) is 67.0 Å². The third-order valence-electron chi connectivity index (χ3n) is 5.50. The molecule has 0 saturated heterocycles. The topological polar surface area (TPSA) is 63.7 Å². The van der Waals surface area contributed by atoms with Gasteiger partial charge >= 0.3 is 0 Å². The average molecular weight is 496 g/mol. The lowest BCUT2D eigenvalue weighted by Crippen LogP contribution is -2.42. The third-order valence-corrected chi connectivity index (χ3v) is 6.08. The van der Waals surface area contributed by atoms with Gasteiger partial charge < -0.3 is 14.4 Å². The van der Waals surface area contributed by atoms with Gasteiger partial charge in [-0.2, -0.15) is 0 Å². The van der Waals surface area contributed by atoms with Gasteiger partial charge in [0.25, 0.3) is 5.91 Å². The first-order valence-corrected chi connectivity index (χ1v) is 12.1. The fraction of sp³-hybridized carbons (Fsp3) is 0.269. The molecule has 0 saturated carbocycles. The smallest absolute Gasteiger partial charge is 0.258 e. The Morgan fingerprint density at radius 3 is 2.59 bits per heavy atom. The number of rotatable bonds is 9. The second-order valence-corrected chi connectivity index (χ2v) is 8.69. The van der Waals surface area contributed by atoms with Gasteiger partial charge in [-0.05, 0) is 86.4 Å². The minimum atomic E-state index is -0.265. The lowest BCUT2D eigenvalue weighted by Gasteiger charge is -2.21. The summed E-state index contributed by atoms with van der Waals surface area (Å²) in [7, 11) is 0. The van der Waals surface area contributed by atoms with Crippen LogP contribution >= 0.6 is 23.8 Å². The van der Waals surface area contributed by atoms with E-state index in [2.05, 4.69) is 10.3 Å². The van der Waals surface area contributed by atoms with Crippen molar-refractivity contribution in [3.63, 3.8) is 0 Å². The molecule has 0 radical (unpaired) electrons. The summed E-state index contributed by atoms with van der Waals surface area (Å²) in [5.74, 6) is 1.44. The highest BCUT2D eigenvalue weighted by atomic mass is 35.5. The molecule has 0 unspecified atom stereocenters. The minimum absolute atomic E-state index is 0.265. The van der Waals surface area contributed by atoms with Crippen molar-refractivity contribution in [3.05, 3.63) is 83.1 Å². The Labute approximate surface area is 209 Å². The molecular weight excluding hydrogens is 470 g/mol. The number of fused-ring (bicyclic) bond motifs is 1. The maximum atomic E-state index is 12.4. The Morgan fingerprint density at radius 1 is 1.03 bits per heavy atom. The van der Waals surface area contributed by atoms with Crippen molar-refractivity contribution in [2.24, 2.45) is 0 Å².